The van der Waals surface area contributed by atoms with Gasteiger partial charge in [0.2, 0.25) is 0 Å². The van der Waals surface area contributed by atoms with Crippen LogP contribution in [0, 0.1) is 0 Å². The topological polar surface area (TPSA) is 50.4 Å². The van der Waals surface area contributed by atoms with Gasteiger partial charge in [0.25, 0.3) is 5.91 Å². The molecule has 1 atom stereocenters. The molecular weight excluding hydrogens is 248 g/mol. The zero-order chi connectivity index (χ0) is 12.4. The molecule has 0 aromatic carbocycles. The van der Waals surface area contributed by atoms with Gasteiger partial charge in [0.05, 0.1) is 18.2 Å². The molecule has 5 heteroatoms. The average Bonchev–Trinajstić information content (AvgIpc) is 3.01. The lowest BCUT2D eigenvalue weighted by Crippen LogP contribution is -2.42. The Labute approximate surface area is 111 Å². The molecule has 98 valence electrons. The van der Waals surface area contributed by atoms with E-state index in [4.69, 9.17) is 4.74 Å². The van der Waals surface area contributed by atoms with Crippen molar-refractivity contribution in [2.75, 3.05) is 19.7 Å². The molecule has 2 N–H and O–H groups in total. The summed E-state index contributed by atoms with van der Waals surface area (Å²) in [6, 6.07) is 2.02. The van der Waals surface area contributed by atoms with E-state index in [1.807, 2.05) is 16.8 Å². The second-order valence-corrected chi connectivity index (χ2v) is 5.91. The van der Waals surface area contributed by atoms with Crippen molar-refractivity contribution in [2.24, 2.45) is 0 Å². The van der Waals surface area contributed by atoms with Gasteiger partial charge in [-0.25, -0.2) is 0 Å². The van der Waals surface area contributed by atoms with E-state index in [-0.39, 0.29) is 17.6 Å². The highest BCUT2D eigenvalue weighted by molar-refractivity contribution is 7.08. The van der Waals surface area contributed by atoms with E-state index in [9.17, 15) is 4.79 Å². The number of thiophene rings is 1. The Bertz CT molecular complexity index is 413. The number of ether oxygens (including phenoxy) is 1. The number of amides is 1. The molecule has 0 saturated carbocycles. The van der Waals surface area contributed by atoms with Crippen molar-refractivity contribution in [3.05, 3.63) is 22.4 Å². The van der Waals surface area contributed by atoms with E-state index in [2.05, 4.69) is 10.6 Å². The first kappa shape index (κ1) is 12.1. The maximum atomic E-state index is 12.0. The number of carbonyl (C=O) groups excluding carboxylic acids is 1. The highest BCUT2D eigenvalue weighted by Crippen LogP contribution is 2.33. The second-order valence-electron chi connectivity index (χ2n) is 5.13. The lowest BCUT2D eigenvalue weighted by molar-refractivity contribution is -0.0194. The molecule has 0 bridgehead atoms. The van der Waals surface area contributed by atoms with E-state index < -0.39 is 0 Å². The van der Waals surface area contributed by atoms with Gasteiger partial charge in [-0.05, 0) is 43.8 Å². The van der Waals surface area contributed by atoms with Crippen LogP contribution in [-0.4, -0.2) is 37.2 Å². The summed E-state index contributed by atoms with van der Waals surface area (Å²) in [5, 5.41) is 10.2. The fourth-order valence-corrected chi connectivity index (χ4v) is 3.47. The monoisotopic (exact) mass is 266 g/mol. The molecule has 3 rings (SSSR count). The van der Waals surface area contributed by atoms with Crippen molar-refractivity contribution in [1.82, 2.24) is 10.6 Å². The standard InChI is InChI=1S/C13H18N2O2S/c16-12(10-1-6-18-9-10)15-11-7-13(17-8-11)2-4-14-5-3-13/h1,6,9,11,14H,2-5,7-8H2,(H,15,16). The molecule has 1 spiro atoms. The van der Waals surface area contributed by atoms with Gasteiger partial charge in [0.1, 0.15) is 0 Å². The number of carbonyl (C=O) groups is 1. The normalized spacial score (nSPS) is 26.3. The first-order valence-corrected chi connectivity index (χ1v) is 7.39. The van der Waals surface area contributed by atoms with E-state index in [1.165, 1.54) is 0 Å². The fourth-order valence-electron chi connectivity index (χ4n) is 2.83. The molecule has 2 fully saturated rings. The third-order valence-corrected chi connectivity index (χ3v) is 4.53. The summed E-state index contributed by atoms with van der Waals surface area (Å²) in [6.07, 6.45) is 3.06. The van der Waals surface area contributed by atoms with Crippen LogP contribution in [0.3, 0.4) is 0 Å². The minimum absolute atomic E-state index is 0.0117. The summed E-state index contributed by atoms with van der Waals surface area (Å²) >= 11 is 1.55. The summed E-state index contributed by atoms with van der Waals surface area (Å²) in [6.45, 7) is 2.69. The van der Waals surface area contributed by atoms with Gasteiger partial charge in [-0.3, -0.25) is 4.79 Å². The Morgan fingerprint density at radius 1 is 1.50 bits per heavy atom. The average molecular weight is 266 g/mol. The molecule has 2 aliphatic rings. The van der Waals surface area contributed by atoms with E-state index in [1.54, 1.807) is 11.3 Å². The van der Waals surface area contributed by atoms with Crippen molar-refractivity contribution in [3.63, 3.8) is 0 Å². The summed E-state index contributed by atoms with van der Waals surface area (Å²) in [7, 11) is 0. The van der Waals surface area contributed by atoms with E-state index >= 15 is 0 Å². The summed E-state index contributed by atoms with van der Waals surface area (Å²) in [5.74, 6) is 0.0239. The third-order valence-electron chi connectivity index (χ3n) is 3.84. The van der Waals surface area contributed by atoms with Gasteiger partial charge >= 0.3 is 0 Å². The van der Waals surface area contributed by atoms with Gasteiger partial charge < -0.3 is 15.4 Å². The molecule has 3 heterocycles. The minimum Gasteiger partial charge on any atom is -0.373 e. The van der Waals surface area contributed by atoms with Gasteiger partial charge in [-0.2, -0.15) is 11.3 Å². The smallest absolute Gasteiger partial charge is 0.252 e. The Morgan fingerprint density at radius 3 is 3.06 bits per heavy atom. The SMILES string of the molecule is O=C(NC1COC2(CCNCC2)C1)c1ccsc1. The van der Waals surface area contributed by atoms with Gasteiger partial charge in [0.15, 0.2) is 0 Å². The van der Waals surface area contributed by atoms with Crippen molar-refractivity contribution in [2.45, 2.75) is 30.9 Å². The van der Waals surface area contributed by atoms with Gasteiger partial charge in [0, 0.05) is 10.9 Å². The molecule has 4 nitrogen and oxygen atoms in total. The van der Waals surface area contributed by atoms with Crippen molar-refractivity contribution >= 4 is 17.2 Å². The highest BCUT2D eigenvalue weighted by atomic mass is 32.1. The molecular formula is C13H18N2O2S. The van der Waals surface area contributed by atoms with Gasteiger partial charge in [-0.15, -0.1) is 0 Å². The number of rotatable bonds is 2. The zero-order valence-electron chi connectivity index (χ0n) is 10.3. The molecule has 18 heavy (non-hydrogen) atoms. The third kappa shape index (κ3) is 2.43. The maximum Gasteiger partial charge on any atom is 0.252 e. The van der Waals surface area contributed by atoms with Crippen LogP contribution in [0.4, 0.5) is 0 Å². The first-order valence-electron chi connectivity index (χ1n) is 6.45. The zero-order valence-corrected chi connectivity index (χ0v) is 11.1. The molecule has 1 aromatic heterocycles. The number of hydrogen-bond acceptors (Lipinski definition) is 4. The van der Waals surface area contributed by atoms with Crippen molar-refractivity contribution in [3.8, 4) is 0 Å². The molecule has 1 amide bonds. The number of piperidine rings is 1. The van der Waals surface area contributed by atoms with Crippen LogP contribution >= 0.6 is 11.3 Å². The summed E-state index contributed by atoms with van der Waals surface area (Å²) < 4.78 is 5.96. The summed E-state index contributed by atoms with van der Waals surface area (Å²) in [4.78, 5) is 12.0. The van der Waals surface area contributed by atoms with Crippen LogP contribution in [0.15, 0.2) is 16.8 Å². The molecule has 0 radical (unpaired) electrons. The van der Waals surface area contributed by atoms with Gasteiger partial charge in [-0.1, -0.05) is 0 Å². The van der Waals surface area contributed by atoms with Crippen molar-refractivity contribution in [1.29, 1.82) is 0 Å². The largest absolute Gasteiger partial charge is 0.373 e. The predicted molar refractivity (Wildman–Crippen MR) is 71.0 cm³/mol. The van der Waals surface area contributed by atoms with Crippen LogP contribution < -0.4 is 10.6 Å². The lowest BCUT2D eigenvalue weighted by Gasteiger charge is -2.32. The Balaban J connectivity index is 1.57. The molecule has 1 unspecified atom stereocenters. The number of nitrogens with one attached hydrogen (secondary N) is 2. The van der Waals surface area contributed by atoms with Crippen molar-refractivity contribution < 1.29 is 9.53 Å². The quantitative estimate of drug-likeness (QED) is 0.850. The Kier molecular flexibility index (Phi) is 3.37. The Morgan fingerprint density at radius 2 is 2.33 bits per heavy atom. The van der Waals surface area contributed by atoms with Crippen LogP contribution in [0.1, 0.15) is 29.6 Å². The fraction of sp³-hybridized carbons (Fsp3) is 0.615. The molecule has 2 aliphatic heterocycles. The van der Waals surface area contributed by atoms with Crippen LogP contribution in [0.25, 0.3) is 0 Å². The van der Waals surface area contributed by atoms with E-state index in [0.29, 0.717) is 6.61 Å². The Hall–Kier alpha value is -0.910. The predicted octanol–water partition coefficient (Wildman–Crippen LogP) is 1.39. The van der Waals surface area contributed by atoms with Crippen LogP contribution in [-0.2, 0) is 4.74 Å². The summed E-state index contributed by atoms with van der Waals surface area (Å²) in [5.41, 5.74) is 0.768. The second kappa shape index (κ2) is 4.99. The lowest BCUT2D eigenvalue weighted by atomic mass is 9.88. The molecule has 1 aromatic rings. The maximum absolute atomic E-state index is 12.0. The van der Waals surface area contributed by atoms with E-state index in [0.717, 1.165) is 37.9 Å². The van der Waals surface area contributed by atoms with Crippen LogP contribution in [0.5, 0.6) is 0 Å². The molecule has 2 saturated heterocycles. The van der Waals surface area contributed by atoms with Crippen LogP contribution in [0.2, 0.25) is 0 Å². The highest BCUT2D eigenvalue weighted by Gasteiger charge is 2.41. The molecule has 0 aliphatic carbocycles. The first-order chi connectivity index (χ1) is 8.77. The number of hydrogen-bond donors (Lipinski definition) is 2. The minimum atomic E-state index is 0.0117.